The van der Waals surface area contributed by atoms with Crippen LogP contribution in [0.2, 0.25) is 0 Å². The van der Waals surface area contributed by atoms with E-state index in [1.165, 1.54) is 0 Å². The van der Waals surface area contributed by atoms with Crippen LogP contribution in [-0.2, 0) is 4.79 Å². The second kappa shape index (κ2) is 4.12. The summed E-state index contributed by atoms with van der Waals surface area (Å²) < 4.78 is 0. The van der Waals surface area contributed by atoms with Crippen LogP contribution in [0.1, 0.15) is 40.0 Å². The second-order valence-corrected chi connectivity index (χ2v) is 3.39. The van der Waals surface area contributed by atoms with Gasteiger partial charge in [0, 0.05) is 18.3 Å². The van der Waals surface area contributed by atoms with E-state index in [1.54, 1.807) is 0 Å². The quantitative estimate of drug-likeness (QED) is 0.621. The summed E-state index contributed by atoms with van der Waals surface area (Å²) >= 11 is 0. The lowest BCUT2D eigenvalue weighted by Gasteiger charge is -2.18. The third-order valence-corrected chi connectivity index (χ3v) is 1.75. The highest BCUT2D eigenvalue weighted by atomic mass is 16.1. The van der Waals surface area contributed by atoms with Crippen LogP contribution < -0.4 is 0 Å². The first kappa shape index (κ1) is 10.2. The number of ketones is 1. The molecule has 62 valence electrons. The van der Waals surface area contributed by atoms with E-state index in [4.69, 9.17) is 5.26 Å². The van der Waals surface area contributed by atoms with Crippen LogP contribution in [0.15, 0.2) is 0 Å². The molecule has 0 aromatic heterocycles. The minimum absolute atomic E-state index is 0.196. The molecular weight excluding hydrogens is 138 g/mol. The van der Waals surface area contributed by atoms with Crippen molar-refractivity contribution in [3.8, 4) is 6.07 Å². The maximum Gasteiger partial charge on any atom is 0.139 e. The molecule has 0 rings (SSSR count). The van der Waals surface area contributed by atoms with Gasteiger partial charge >= 0.3 is 0 Å². The van der Waals surface area contributed by atoms with Gasteiger partial charge < -0.3 is 0 Å². The molecule has 2 heteroatoms. The molecule has 0 saturated heterocycles. The lowest BCUT2D eigenvalue weighted by Crippen LogP contribution is -2.23. The molecule has 0 amide bonds. The summed E-state index contributed by atoms with van der Waals surface area (Å²) in [5, 5.41) is 8.42. The zero-order chi connectivity index (χ0) is 8.91. The van der Waals surface area contributed by atoms with E-state index in [9.17, 15) is 4.79 Å². The van der Waals surface area contributed by atoms with E-state index in [2.05, 4.69) is 0 Å². The highest BCUT2D eigenvalue weighted by Crippen LogP contribution is 2.22. The van der Waals surface area contributed by atoms with Gasteiger partial charge in [-0.2, -0.15) is 5.26 Å². The average Bonchev–Trinajstić information content (AvgIpc) is 1.88. The highest BCUT2D eigenvalue weighted by molar-refractivity contribution is 5.84. The first-order valence-corrected chi connectivity index (χ1v) is 3.95. The Balaban J connectivity index is 4.08. The summed E-state index contributed by atoms with van der Waals surface area (Å²) in [6.07, 6.45) is 1.79. The molecule has 0 aliphatic carbocycles. The number of carbonyl (C=O) groups is 1. The van der Waals surface area contributed by atoms with Gasteiger partial charge in [0.2, 0.25) is 0 Å². The third-order valence-electron chi connectivity index (χ3n) is 1.75. The molecule has 0 heterocycles. The molecule has 0 N–H and O–H groups in total. The van der Waals surface area contributed by atoms with Gasteiger partial charge in [-0.1, -0.05) is 20.8 Å². The lowest BCUT2D eigenvalue weighted by molar-refractivity contribution is -0.126. The van der Waals surface area contributed by atoms with Gasteiger partial charge in [0.05, 0.1) is 6.07 Å². The molecule has 0 spiro atoms. The number of rotatable bonds is 4. The molecule has 0 aromatic rings. The molecule has 0 fully saturated rings. The van der Waals surface area contributed by atoms with Crippen LogP contribution in [0.3, 0.4) is 0 Å². The molecule has 0 unspecified atom stereocenters. The van der Waals surface area contributed by atoms with Crippen molar-refractivity contribution in [3.05, 3.63) is 0 Å². The van der Waals surface area contributed by atoms with Gasteiger partial charge in [-0.25, -0.2) is 0 Å². The molecule has 2 nitrogen and oxygen atoms in total. The average molecular weight is 153 g/mol. The molecule has 0 aliphatic rings. The fourth-order valence-electron chi connectivity index (χ4n) is 0.862. The van der Waals surface area contributed by atoms with Gasteiger partial charge in [0.1, 0.15) is 5.78 Å². The van der Waals surface area contributed by atoms with Crippen molar-refractivity contribution in [1.29, 1.82) is 5.26 Å². The molecular formula is C9H15NO. The third kappa shape index (κ3) is 3.18. The van der Waals surface area contributed by atoms with E-state index in [-0.39, 0.29) is 5.78 Å². The topological polar surface area (TPSA) is 40.9 Å². The summed E-state index contributed by atoms with van der Waals surface area (Å²) in [4.78, 5) is 11.3. The van der Waals surface area contributed by atoms with Crippen molar-refractivity contribution in [2.75, 3.05) is 0 Å². The Morgan fingerprint density at radius 3 is 2.45 bits per heavy atom. The number of hydrogen-bond donors (Lipinski definition) is 0. The molecule has 11 heavy (non-hydrogen) atoms. The number of nitrogens with zero attached hydrogens (tertiary/aromatic N) is 1. The van der Waals surface area contributed by atoms with Crippen molar-refractivity contribution < 1.29 is 4.79 Å². The van der Waals surface area contributed by atoms with Gasteiger partial charge in [-0.3, -0.25) is 4.79 Å². The number of Topliss-reactive ketones (excluding diaryl/α,β-unsaturated/α-hetero) is 1. The minimum Gasteiger partial charge on any atom is -0.299 e. The Kier molecular flexibility index (Phi) is 3.81. The molecule has 0 aromatic carbocycles. The van der Waals surface area contributed by atoms with Crippen LogP contribution in [-0.4, -0.2) is 5.78 Å². The van der Waals surface area contributed by atoms with Crippen LogP contribution in [0.5, 0.6) is 0 Å². The number of hydrogen-bond acceptors (Lipinski definition) is 2. The predicted molar refractivity (Wildman–Crippen MR) is 43.9 cm³/mol. The van der Waals surface area contributed by atoms with Crippen LogP contribution >= 0.6 is 0 Å². The van der Waals surface area contributed by atoms with E-state index in [1.807, 2.05) is 26.8 Å². The summed E-state index contributed by atoms with van der Waals surface area (Å²) in [5.41, 5.74) is -0.440. The highest BCUT2D eigenvalue weighted by Gasteiger charge is 2.25. The van der Waals surface area contributed by atoms with Gasteiger partial charge in [-0.05, 0) is 6.42 Å². The summed E-state index contributed by atoms with van der Waals surface area (Å²) in [6, 6.07) is 2.03. The van der Waals surface area contributed by atoms with E-state index in [0.29, 0.717) is 12.8 Å². The normalized spacial score (nSPS) is 10.7. The van der Waals surface area contributed by atoms with Crippen molar-refractivity contribution in [2.24, 2.45) is 5.41 Å². The van der Waals surface area contributed by atoms with Crippen LogP contribution in [0.4, 0.5) is 0 Å². The predicted octanol–water partition coefficient (Wildman–Crippen LogP) is 2.30. The van der Waals surface area contributed by atoms with Gasteiger partial charge in [0.25, 0.3) is 0 Å². The lowest BCUT2D eigenvalue weighted by atomic mass is 9.83. The SMILES string of the molecule is CCCC(=O)C(C)(C)CC#N. The monoisotopic (exact) mass is 153 g/mol. The van der Waals surface area contributed by atoms with Crippen molar-refractivity contribution >= 4 is 5.78 Å². The van der Waals surface area contributed by atoms with Crippen LogP contribution in [0.25, 0.3) is 0 Å². The summed E-state index contributed by atoms with van der Waals surface area (Å²) in [6.45, 7) is 5.63. The van der Waals surface area contributed by atoms with E-state index >= 15 is 0 Å². The maximum absolute atomic E-state index is 11.3. The molecule has 0 bridgehead atoms. The largest absolute Gasteiger partial charge is 0.299 e. The smallest absolute Gasteiger partial charge is 0.139 e. The van der Waals surface area contributed by atoms with Gasteiger partial charge in [-0.15, -0.1) is 0 Å². The molecule has 0 atom stereocenters. The first-order chi connectivity index (χ1) is 5.04. The zero-order valence-corrected chi connectivity index (χ0v) is 7.48. The molecule has 0 aliphatic heterocycles. The second-order valence-electron chi connectivity index (χ2n) is 3.39. The Hall–Kier alpha value is -0.840. The fourth-order valence-corrected chi connectivity index (χ4v) is 0.862. The summed E-state index contributed by atoms with van der Waals surface area (Å²) in [5.74, 6) is 0.196. The Morgan fingerprint density at radius 2 is 2.09 bits per heavy atom. The molecule has 0 saturated carbocycles. The van der Waals surface area contributed by atoms with Gasteiger partial charge in [0.15, 0.2) is 0 Å². The zero-order valence-electron chi connectivity index (χ0n) is 7.48. The Bertz CT molecular complexity index is 176. The maximum atomic E-state index is 11.3. The van der Waals surface area contributed by atoms with Crippen molar-refractivity contribution in [3.63, 3.8) is 0 Å². The first-order valence-electron chi connectivity index (χ1n) is 3.95. The number of carbonyl (C=O) groups excluding carboxylic acids is 1. The van der Waals surface area contributed by atoms with E-state index in [0.717, 1.165) is 6.42 Å². The van der Waals surface area contributed by atoms with E-state index < -0.39 is 5.41 Å². The Labute approximate surface area is 68.2 Å². The number of nitriles is 1. The Morgan fingerprint density at radius 1 is 1.55 bits per heavy atom. The standard InChI is InChI=1S/C9H15NO/c1-4-5-8(11)9(2,3)6-7-10/h4-6H2,1-3H3. The fraction of sp³-hybridized carbons (Fsp3) is 0.778. The summed E-state index contributed by atoms with van der Waals surface area (Å²) in [7, 11) is 0. The van der Waals surface area contributed by atoms with Crippen LogP contribution in [0, 0.1) is 16.7 Å². The minimum atomic E-state index is -0.440. The van der Waals surface area contributed by atoms with Crippen molar-refractivity contribution in [1.82, 2.24) is 0 Å². The van der Waals surface area contributed by atoms with Crippen molar-refractivity contribution in [2.45, 2.75) is 40.0 Å². The molecule has 0 radical (unpaired) electrons.